The van der Waals surface area contributed by atoms with Crippen molar-refractivity contribution in [2.24, 2.45) is 5.92 Å². The van der Waals surface area contributed by atoms with E-state index in [1.807, 2.05) is 6.07 Å². The summed E-state index contributed by atoms with van der Waals surface area (Å²) < 4.78 is 0. The largest absolute Gasteiger partial charge is 0.345 e. The Labute approximate surface area is 91.1 Å². The fourth-order valence-corrected chi connectivity index (χ4v) is 1.42. The van der Waals surface area contributed by atoms with Gasteiger partial charge in [0.25, 0.3) is 5.91 Å². The molecule has 0 unspecified atom stereocenters. The van der Waals surface area contributed by atoms with E-state index in [0.717, 1.165) is 17.7 Å². The lowest BCUT2D eigenvalue weighted by Crippen LogP contribution is -2.23. The number of hydrogen-bond donors (Lipinski definition) is 0. The number of hydrogen-bond acceptors (Lipinski definition) is 2. The molecule has 1 heterocycles. The van der Waals surface area contributed by atoms with Gasteiger partial charge in [-0.2, -0.15) is 0 Å². The van der Waals surface area contributed by atoms with Crippen LogP contribution in [-0.4, -0.2) is 29.9 Å². The molecule has 15 heavy (non-hydrogen) atoms. The van der Waals surface area contributed by atoms with E-state index in [4.69, 9.17) is 0 Å². The third-order valence-corrected chi connectivity index (χ3v) is 2.13. The van der Waals surface area contributed by atoms with E-state index in [1.165, 1.54) is 0 Å². The molecule has 0 saturated heterocycles. The molecular formula is C12H18N2O. The molecule has 0 atom stereocenters. The highest BCUT2D eigenvalue weighted by atomic mass is 16.2. The molecule has 82 valence electrons. The van der Waals surface area contributed by atoms with Crippen LogP contribution in [0.4, 0.5) is 0 Å². The summed E-state index contributed by atoms with van der Waals surface area (Å²) in [5.74, 6) is 0.535. The third kappa shape index (κ3) is 3.05. The fourth-order valence-electron chi connectivity index (χ4n) is 1.42. The molecule has 0 bridgehead atoms. The molecule has 1 rings (SSSR count). The summed E-state index contributed by atoms with van der Waals surface area (Å²) in [6.45, 7) is 4.25. The van der Waals surface area contributed by atoms with E-state index in [1.54, 1.807) is 31.3 Å². The first kappa shape index (κ1) is 11.7. The zero-order valence-electron chi connectivity index (χ0n) is 9.82. The Kier molecular flexibility index (Phi) is 3.83. The maximum atomic E-state index is 11.8. The van der Waals surface area contributed by atoms with Crippen molar-refractivity contribution in [1.82, 2.24) is 9.88 Å². The predicted molar refractivity (Wildman–Crippen MR) is 60.8 cm³/mol. The lowest BCUT2D eigenvalue weighted by Gasteiger charge is -2.14. The van der Waals surface area contributed by atoms with Crippen molar-refractivity contribution in [1.29, 1.82) is 0 Å². The van der Waals surface area contributed by atoms with Crippen LogP contribution in [0.3, 0.4) is 0 Å². The molecule has 1 aromatic rings. The Morgan fingerprint density at radius 2 is 2.13 bits per heavy atom. The first-order chi connectivity index (χ1) is 7.02. The van der Waals surface area contributed by atoms with Crippen molar-refractivity contribution in [3.05, 3.63) is 29.6 Å². The predicted octanol–water partition coefficient (Wildman–Crippen LogP) is 1.98. The first-order valence-corrected chi connectivity index (χ1v) is 5.18. The lowest BCUT2D eigenvalue weighted by molar-refractivity contribution is 0.0826. The Bertz CT molecular complexity index is 345. The van der Waals surface area contributed by atoms with Gasteiger partial charge in [0, 0.05) is 20.3 Å². The van der Waals surface area contributed by atoms with Gasteiger partial charge in [-0.15, -0.1) is 0 Å². The molecule has 0 aliphatic rings. The minimum absolute atomic E-state index is 0.0266. The smallest absolute Gasteiger partial charge is 0.255 e. The molecule has 0 radical (unpaired) electrons. The highest BCUT2D eigenvalue weighted by Crippen LogP contribution is 2.12. The summed E-state index contributed by atoms with van der Waals surface area (Å²) in [7, 11) is 3.52. The second-order valence-corrected chi connectivity index (χ2v) is 4.30. The average molecular weight is 206 g/mol. The number of pyridine rings is 1. The van der Waals surface area contributed by atoms with Gasteiger partial charge in [-0.1, -0.05) is 13.8 Å². The Morgan fingerprint density at radius 3 is 2.67 bits per heavy atom. The van der Waals surface area contributed by atoms with Gasteiger partial charge >= 0.3 is 0 Å². The lowest BCUT2D eigenvalue weighted by atomic mass is 10.0. The summed E-state index contributed by atoms with van der Waals surface area (Å²) in [5, 5.41) is 0. The van der Waals surface area contributed by atoms with Crippen LogP contribution in [0.15, 0.2) is 18.3 Å². The van der Waals surface area contributed by atoms with Gasteiger partial charge in [0.15, 0.2) is 0 Å². The van der Waals surface area contributed by atoms with Crippen LogP contribution in [0.1, 0.15) is 29.9 Å². The van der Waals surface area contributed by atoms with E-state index in [0.29, 0.717) is 5.92 Å². The second-order valence-electron chi connectivity index (χ2n) is 4.30. The van der Waals surface area contributed by atoms with Crippen LogP contribution in [0.5, 0.6) is 0 Å². The van der Waals surface area contributed by atoms with Crippen molar-refractivity contribution >= 4 is 5.91 Å². The Morgan fingerprint density at radius 1 is 1.47 bits per heavy atom. The minimum Gasteiger partial charge on any atom is -0.345 e. The van der Waals surface area contributed by atoms with E-state index in [2.05, 4.69) is 18.8 Å². The van der Waals surface area contributed by atoms with Gasteiger partial charge in [0.1, 0.15) is 0 Å². The molecular weight excluding hydrogens is 188 g/mol. The molecule has 3 heteroatoms. The number of aromatic nitrogens is 1. The molecule has 0 N–H and O–H groups in total. The maximum Gasteiger partial charge on any atom is 0.255 e. The summed E-state index contributed by atoms with van der Waals surface area (Å²) >= 11 is 0. The van der Waals surface area contributed by atoms with Gasteiger partial charge < -0.3 is 4.90 Å². The van der Waals surface area contributed by atoms with E-state index >= 15 is 0 Å². The van der Waals surface area contributed by atoms with Crippen molar-refractivity contribution in [2.45, 2.75) is 20.3 Å². The Balaban J connectivity index is 3.01. The van der Waals surface area contributed by atoms with Gasteiger partial charge in [-0.3, -0.25) is 9.78 Å². The molecule has 0 spiro atoms. The number of amides is 1. The number of carbonyl (C=O) groups is 1. The Hall–Kier alpha value is -1.38. The molecule has 0 aliphatic carbocycles. The van der Waals surface area contributed by atoms with Gasteiger partial charge in [0.05, 0.1) is 11.3 Å². The van der Waals surface area contributed by atoms with Gasteiger partial charge in [-0.05, 0) is 24.5 Å². The van der Waals surface area contributed by atoms with Gasteiger partial charge in [0.2, 0.25) is 0 Å². The molecule has 3 nitrogen and oxygen atoms in total. The SMILES string of the molecule is CC(C)Cc1ncccc1C(=O)N(C)C. The second kappa shape index (κ2) is 4.91. The normalized spacial score (nSPS) is 10.5. The highest BCUT2D eigenvalue weighted by molar-refractivity contribution is 5.94. The third-order valence-electron chi connectivity index (χ3n) is 2.13. The highest BCUT2D eigenvalue weighted by Gasteiger charge is 2.14. The van der Waals surface area contributed by atoms with Crippen molar-refractivity contribution < 1.29 is 4.79 Å². The van der Waals surface area contributed by atoms with E-state index in [9.17, 15) is 4.79 Å². The first-order valence-electron chi connectivity index (χ1n) is 5.18. The quantitative estimate of drug-likeness (QED) is 0.757. The van der Waals surface area contributed by atoms with Crippen LogP contribution in [0, 0.1) is 5.92 Å². The molecule has 0 saturated carbocycles. The van der Waals surface area contributed by atoms with Crippen LogP contribution >= 0.6 is 0 Å². The fraction of sp³-hybridized carbons (Fsp3) is 0.500. The summed E-state index contributed by atoms with van der Waals surface area (Å²) in [4.78, 5) is 17.7. The van der Waals surface area contributed by atoms with Crippen LogP contribution < -0.4 is 0 Å². The topological polar surface area (TPSA) is 33.2 Å². The number of carbonyl (C=O) groups excluding carboxylic acids is 1. The zero-order chi connectivity index (χ0) is 11.4. The summed E-state index contributed by atoms with van der Waals surface area (Å²) in [5.41, 5.74) is 1.61. The summed E-state index contributed by atoms with van der Waals surface area (Å²) in [6, 6.07) is 3.65. The van der Waals surface area contributed by atoms with Crippen molar-refractivity contribution in [3.63, 3.8) is 0 Å². The number of rotatable bonds is 3. The van der Waals surface area contributed by atoms with Crippen LogP contribution in [0.2, 0.25) is 0 Å². The monoisotopic (exact) mass is 206 g/mol. The standard InChI is InChI=1S/C12H18N2O/c1-9(2)8-11-10(6-5-7-13-11)12(15)14(3)4/h5-7,9H,8H2,1-4H3. The average Bonchev–Trinajstić information content (AvgIpc) is 2.16. The van der Waals surface area contributed by atoms with Crippen LogP contribution in [0.25, 0.3) is 0 Å². The van der Waals surface area contributed by atoms with Crippen molar-refractivity contribution in [2.75, 3.05) is 14.1 Å². The summed E-state index contributed by atoms with van der Waals surface area (Å²) in [6.07, 6.45) is 2.58. The molecule has 0 fully saturated rings. The minimum atomic E-state index is 0.0266. The van der Waals surface area contributed by atoms with Crippen molar-refractivity contribution in [3.8, 4) is 0 Å². The van der Waals surface area contributed by atoms with Crippen LogP contribution in [-0.2, 0) is 6.42 Å². The molecule has 1 amide bonds. The maximum absolute atomic E-state index is 11.8. The van der Waals surface area contributed by atoms with E-state index < -0.39 is 0 Å². The molecule has 0 aliphatic heterocycles. The zero-order valence-corrected chi connectivity index (χ0v) is 9.82. The van der Waals surface area contributed by atoms with Gasteiger partial charge in [-0.25, -0.2) is 0 Å². The molecule has 1 aromatic heterocycles. The molecule has 0 aromatic carbocycles. The van der Waals surface area contributed by atoms with E-state index in [-0.39, 0.29) is 5.91 Å². The number of nitrogens with zero attached hydrogens (tertiary/aromatic N) is 2.